The van der Waals surface area contributed by atoms with E-state index in [1.54, 1.807) is 5.38 Å². The predicted molar refractivity (Wildman–Crippen MR) is 84.1 cm³/mol. The first-order valence-corrected chi connectivity index (χ1v) is 8.32. The topological polar surface area (TPSA) is 71.3 Å². The molecule has 3 aromatic rings. The summed E-state index contributed by atoms with van der Waals surface area (Å²) in [4.78, 5) is 20.2. The Morgan fingerprint density at radius 1 is 1.36 bits per heavy atom. The number of carbonyl (C=O) groups excluding carboxylic acids is 1. The van der Waals surface area contributed by atoms with Crippen LogP contribution in [-0.2, 0) is 6.18 Å². The minimum absolute atomic E-state index is 0.00210. The van der Waals surface area contributed by atoms with Crippen molar-refractivity contribution in [3.05, 3.63) is 40.3 Å². The summed E-state index contributed by atoms with van der Waals surface area (Å²) in [5.74, 6) is -0.425. The number of nitrogens with one attached hydrogen (secondary N) is 1. The van der Waals surface area contributed by atoms with Crippen LogP contribution in [0.15, 0.2) is 33.5 Å². The summed E-state index contributed by atoms with van der Waals surface area (Å²) in [6.07, 6.45) is -2.81. The Morgan fingerprint density at radius 3 is 2.80 bits per heavy atom. The lowest BCUT2D eigenvalue weighted by molar-refractivity contribution is -0.137. The van der Waals surface area contributed by atoms with Crippen LogP contribution in [0.1, 0.15) is 28.9 Å². The van der Waals surface area contributed by atoms with E-state index in [9.17, 15) is 18.0 Å². The molecule has 6 nitrogen and oxygen atoms in total. The molecule has 1 aliphatic carbocycles. The number of nitrogens with zero attached hydrogens (tertiary/aromatic N) is 3. The maximum atomic E-state index is 12.8. The Bertz CT molecular complexity index is 919. The number of anilines is 1. The van der Waals surface area contributed by atoms with E-state index in [1.807, 2.05) is 0 Å². The average Bonchev–Trinajstić information content (AvgIpc) is 3.10. The van der Waals surface area contributed by atoms with E-state index in [1.165, 1.54) is 27.9 Å². The SMILES string of the molecule is O=C(NN(c1nc2cc(C(F)(F)F)ccc2o1)C1CC1)c1cscn1. The number of hydrogen-bond donors (Lipinski definition) is 1. The zero-order valence-electron chi connectivity index (χ0n) is 12.6. The third-order valence-corrected chi connectivity index (χ3v) is 4.30. The van der Waals surface area contributed by atoms with Gasteiger partial charge in [0.15, 0.2) is 5.58 Å². The molecule has 1 amide bonds. The van der Waals surface area contributed by atoms with Gasteiger partial charge in [-0.05, 0) is 31.0 Å². The van der Waals surface area contributed by atoms with Gasteiger partial charge < -0.3 is 4.42 Å². The van der Waals surface area contributed by atoms with Crippen LogP contribution < -0.4 is 10.4 Å². The summed E-state index contributed by atoms with van der Waals surface area (Å²) >= 11 is 1.29. The van der Waals surface area contributed by atoms with Crippen molar-refractivity contribution in [2.24, 2.45) is 0 Å². The lowest BCUT2D eigenvalue weighted by Gasteiger charge is -2.20. The van der Waals surface area contributed by atoms with Gasteiger partial charge in [0.1, 0.15) is 11.2 Å². The third kappa shape index (κ3) is 3.16. The highest BCUT2D eigenvalue weighted by molar-refractivity contribution is 7.07. The summed E-state index contributed by atoms with van der Waals surface area (Å²) in [6.45, 7) is 0. The highest BCUT2D eigenvalue weighted by Crippen LogP contribution is 2.34. The summed E-state index contributed by atoms with van der Waals surface area (Å²) in [7, 11) is 0. The lowest BCUT2D eigenvalue weighted by Crippen LogP contribution is -2.44. The molecule has 0 saturated heterocycles. The molecular weight excluding hydrogens is 357 g/mol. The molecule has 1 saturated carbocycles. The van der Waals surface area contributed by atoms with Crippen LogP contribution >= 0.6 is 11.3 Å². The molecule has 0 aliphatic heterocycles. The molecule has 1 aliphatic rings. The van der Waals surface area contributed by atoms with Gasteiger partial charge in [0.2, 0.25) is 0 Å². The number of thiazole rings is 1. The van der Waals surface area contributed by atoms with Crippen LogP contribution in [0.2, 0.25) is 0 Å². The Balaban J connectivity index is 1.64. The van der Waals surface area contributed by atoms with Crippen LogP contribution in [0.25, 0.3) is 11.1 Å². The van der Waals surface area contributed by atoms with Crippen LogP contribution in [0.5, 0.6) is 0 Å². The Kier molecular flexibility index (Phi) is 3.64. The van der Waals surface area contributed by atoms with Gasteiger partial charge >= 0.3 is 12.2 Å². The zero-order valence-corrected chi connectivity index (χ0v) is 13.4. The summed E-state index contributed by atoms with van der Waals surface area (Å²) in [5, 5.41) is 3.05. The predicted octanol–water partition coefficient (Wildman–Crippen LogP) is 3.62. The van der Waals surface area contributed by atoms with Crippen molar-refractivity contribution in [3.63, 3.8) is 0 Å². The fourth-order valence-corrected chi connectivity index (χ4v) is 2.85. The Labute approximate surface area is 143 Å². The summed E-state index contributed by atoms with van der Waals surface area (Å²) in [5.41, 5.74) is 3.95. The minimum Gasteiger partial charge on any atom is -0.422 e. The maximum Gasteiger partial charge on any atom is 0.416 e. The molecule has 2 aromatic heterocycles. The second-order valence-corrected chi connectivity index (χ2v) is 6.31. The minimum atomic E-state index is -4.46. The van der Waals surface area contributed by atoms with Crippen molar-refractivity contribution in [3.8, 4) is 0 Å². The van der Waals surface area contributed by atoms with Crippen molar-refractivity contribution in [1.29, 1.82) is 0 Å². The van der Waals surface area contributed by atoms with Gasteiger partial charge in [-0.2, -0.15) is 18.2 Å². The quantitative estimate of drug-likeness (QED) is 0.713. The van der Waals surface area contributed by atoms with E-state index < -0.39 is 17.6 Å². The summed E-state index contributed by atoms with van der Waals surface area (Å²) in [6, 6.07) is 3.14. The Hall–Kier alpha value is -2.62. The first-order valence-electron chi connectivity index (χ1n) is 7.38. The molecular formula is C15H11F3N4O2S. The Morgan fingerprint density at radius 2 is 2.16 bits per heavy atom. The molecule has 0 bridgehead atoms. The number of amides is 1. The molecule has 0 unspecified atom stereocenters. The molecule has 1 fully saturated rings. The molecule has 0 spiro atoms. The van der Waals surface area contributed by atoms with Crippen LogP contribution in [-0.4, -0.2) is 21.9 Å². The van der Waals surface area contributed by atoms with E-state index in [2.05, 4.69) is 15.4 Å². The van der Waals surface area contributed by atoms with Gasteiger partial charge in [0, 0.05) is 5.38 Å². The monoisotopic (exact) mass is 368 g/mol. The largest absolute Gasteiger partial charge is 0.422 e. The second-order valence-electron chi connectivity index (χ2n) is 5.59. The number of aromatic nitrogens is 2. The van der Waals surface area contributed by atoms with E-state index in [4.69, 9.17) is 4.42 Å². The number of oxazole rings is 1. The van der Waals surface area contributed by atoms with Gasteiger partial charge in [-0.25, -0.2) is 9.99 Å². The zero-order chi connectivity index (χ0) is 17.6. The van der Waals surface area contributed by atoms with E-state index in [0.29, 0.717) is 0 Å². The smallest absolute Gasteiger partial charge is 0.416 e. The van der Waals surface area contributed by atoms with E-state index in [-0.39, 0.29) is 28.9 Å². The van der Waals surface area contributed by atoms with Crippen molar-refractivity contribution in [2.45, 2.75) is 25.1 Å². The molecule has 10 heteroatoms. The van der Waals surface area contributed by atoms with Crippen LogP contribution in [0.4, 0.5) is 19.2 Å². The van der Waals surface area contributed by atoms with Crippen molar-refractivity contribution in [1.82, 2.24) is 15.4 Å². The highest BCUT2D eigenvalue weighted by Gasteiger charge is 2.35. The molecule has 25 heavy (non-hydrogen) atoms. The van der Waals surface area contributed by atoms with Crippen molar-refractivity contribution >= 4 is 34.4 Å². The molecule has 0 radical (unpaired) electrons. The number of alkyl halides is 3. The number of hydrazine groups is 1. The van der Waals surface area contributed by atoms with Gasteiger partial charge in [0.05, 0.1) is 17.1 Å². The third-order valence-electron chi connectivity index (χ3n) is 3.71. The number of hydrogen-bond acceptors (Lipinski definition) is 6. The van der Waals surface area contributed by atoms with E-state index >= 15 is 0 Å². The van der Waals surface area contributed by atoms with Gasteiger partial charge in [0.25, 0.3) is 5.91 Å². The first-order chi connectivity index (χ1) is 11.9. The molecule has 130 valence electrons. The number of halogens is 3. The molecule has 1 N–H and O–H groups in total. The van der Waals surface area contributed by atoms with E-state index in [0.717, 1.165) is 25.0 Å². The molecule has 4 rings (SSSR count). The maximum absolute atomic E-state index is 12.8. The van der Waals surface area contributed by atoms with Gasteiger partial charge in [-0.15, -0.1) is 11.3 Å². The molecule has 1 aromatic carbocycles. The van der Waals surface area contributed by atoms with Crippen LogP contribution in [0, 0.1) is 0 Å². The molecule has 2 heterocycles. The second kappa shape index (κ2) is 5.73. The van der Waals surface area contributed by atoms with Crippen molar-refractivity contribution < 1.29 is 22.4 Å². The highest BCUT2D eigenvalue weighted by atomic mass is 32.1. The van der Waals surface area contributed by atoms with Gasteiger partial charge in [-0.1, -0.05) is 0 Å². The number of benzene rings is 1. The van der Waals surface area contributed by atoms with Crippen LogP contribution in [0.3, 0.4) is 0 Å². The normalized spacial score (nSPS) is 14.7. The number of rotatable bonds is 4. The lowest BCUT2D eigenvalue weighted by atomic mass is 10.2. The number of carbonyl (C=O) groups is 1. The fourth-order valence-electron chi connectivity index (χ4n) is 2.31. The molecule has 0 atom stereocenters. The number of fused-ring (bicyclic) bond motifs is 1. The van der Waals surface area contributed by atoms with Gasteiger partial charge in [-0.3, -0.25) is 10.2 Å². The standard InChI is InChI=1S/C15H11F3N4O2S/c16-15(17,18)8-1-4-12-10(5-8)20-14(24-12)22(9-2-3-9)21-13(23)11-6-25-7-19-11/h1,4-7,9H,2-3H2,(H,21,23). The fraction of sp³-hybridized carbons (Fsp3) is 0.267. The average molecular weight is 368 g/mol. The summed E-state index contributed by atoms with van der Waals surface area (Å²) < 4.78 is 44.0. The first kappa shape index (κ1) is 15.9. The van der Waals surface area contributed by atoms with Crippen molar-refractivity contribution in [2.75, 3.05) is 5.01 Å².